The molecule has 6 heteroatoms. The van der Waals surface area contributed by atoms with E-state index in [-0.39, 0.29) is 0 Å². The Balaban J connectivity index is 1.85. The fraction of sp³-hybridized carbons (Fsp3) is 0.467. The van der Waals surface area contributed by atoms with Gasteiger partial charge in [0.25, 0.3) is 0 Å². The standard InChI is InChI=1S/C15H21N5S/c1-17-8-9-19(12-20-15(21)18(2)11-16-20)14(10-17)13-6-4-3-5-7-13/h3-7,11,14H,8-10,12H2,1-2H3. The SMILES string of the molecule is CN1CCN(Cn2ncn(C)c2=S)C(c2ccccc2)C1. The Kier molecular flexibility index (Phi) is 4.19. The third-order valence-corrected chi connectivity index (χ3v) is 4.58. The number of rotatable bonds is 3. The average Bonchev–Trinajstić information content (AvgIpc) is 2.82. The number of hydrogen-bond donors (Lipinski definition) is 0. The van der Waals surface area contributed by atoms with Gasteiger partial charge in [0.15, 0.2) is 4.77 Å². The Hall–Kier alpha value is -1.50. The van der Waals surface area contributed by atoms with Gasteiger partial charge in [-0.15, -0.1) is 0 Å². The molecular weight excluding hydrogens is 282 g/mol. The molecular formula is C15H21N5S. The van der Waals surface area contributed by atoms with Crippen LogP contribution in [0.2, 0.25) is 0 Å². The quantitative estimate of drug-likeness (QED) is 0.810. The lowest BCUT2D eigenvalue weighted by atomic mass is 10.0. The molecule has 3 rings (SSSR count). The molecule has 1 unspecified atom stereocenters. The summed E-state index contributed by atoms with van der Waals surface area (Å²) in [5, 5.41) is 4.38. The average molecular weight is 303 g/mol. The summed E-state index contributed by atoms with van der Waals surface area (Å²) in [5.74, 6) is 0. The largest absolute Gasteiger partial charge is 0.310 e. The fourth-order valence-corrected chi connectivity index (χ4v) is 2.96. The molecule has 0 bridgehead atoms. The molecule has 1 aliphatic rings. The predicted molar refractivity (Wildman–Crippen MR) is 85.4 cm³/mol. The first-order chi connectivity index (χ1) is 10.1. The molecule has 1 aromatic heterocycles. The van der Waals surface area contributed by atoms with Gasteiger partial charge in [-0.3, -0.25) is 4.90 Å². The first kappa shape index (κ1) is 14.4. The maximum absolute atomic E-state index is 5.40. The minimum absolute atomic E-state index is 0.383. The van der Waals surface area contributed by atoms with Crippen molar-refractivity contribution in [3.05, 3.63) is 47.0 Å². The van der Waals surface area contributed by atoms with Gasteiger partial charge >= 0.3 is 0 Å². The molecule has 1 atom stereocenters. The highest BCUT2D eigenvalue weighted by Crippen LogP contribution is 2.25. The molecule has 1 fully saturated rings. The van der Waals surface area contributed by atoms with Gasteiger partial charge in [-0.25, -0.2) is 4.68 Å². The second kappa shape index (κ2) is 6.09. The van der Waals surface area contributed by atoms with Gasteiger partial charge < -0.3 is 9.47 Å². The molecule has 1 aromatic carbocycles. The van der Waals surface area contributed by atoms with Crippen LogP contribution in [-0.2, 0) is 13.7 Å². The van der Waals surface area contributed by atoms with Gasteiger partial charge in [-0.2, -0.15) is 5.10 Å². The van der Waals surface area contributed by atoms with E-state index in [9.17, 15) is 0 Å². The third-order valence-electron chi connectivity index (χ3n) is 4.08. The topological polar surface area (TPSA) is 29.2 Å². The molecule has 112 valence electrons. The van der Waals surface area contributed by atoms with Crippen molar-refractivity contribution >= 4 is 12.2 Å². The smallest absolute Gasteiger partial charge is 0.198 e. The molecule has 21 heavy (non-hydrogen) atoms. The van der Waals surface area contributed by atoms with Crippen molar-refractivity contribution in [3.63, 3.8) is 0 Å². The normalized spacial score (nSPS) is 20.8. The van der Waals surface area contributed by atoms with E-state index in [0.29, 0.717) is 6.04 Å². The highest BCUT2D eigenvalue weighted by molar-refractivity contribution is 7.71. The highest BCUT2D eigenvalue weighted by Gasteiger charge is 2.26. The predicted octanol–water partition coefficient (Wildman–Crippen LogP) is 1.90. The Bertz CT molecular complexity index is 648. The van der Waals surface area contributed by atoms with Gasteiger partial charge in [-0.1, -0.05) is 30.3 Å². The van der Waals surface area contributed by atoms with Gasteiger partial charge in [0.2, 0.25) is 0 Å². The van der Waals surface area contributed by atoms with Crippen LogP contribution in [0, 0.1) is 4.77 Å². The lowest BCUT2D eigenvalue weighted by molar-refractivity contribution is 0.0582. The minimum atomic E-state index is 0.383. The zero-order chi connectivity index (χ0) is 14.8. The fourth-order valence-electron chi connectivity index (χ4n) is 2.81. The van der Waals surface area contributed by atoms with Crippen LogP contribution in [0.4, 0.5) is 0 Å². The van der Waals surface area contributed by atoms with Crippen LogP contribution in [0.15, 0.2) is 36.7 Å². The van der Waals surface area contributed by atoms with Crippen molar-refractivity contribution < 1.29 is 0 Å². The second-order valence-corrected chi connectivity index (χ2v) is 6.03. The summed E-state index contributed by atoms with van der Waals surface area (Å²) >= 11 is 5.40. The monoisotopic (exact) mass is 303 g/mol. The minimum Gasteiger partial charge on any atom is -0.310 e. The molecule has 2 aromatic rings. The van der Waals surface area contributed by atoms with Crippen LogP contribution in [0.3, 0.4) is 0 Å². The van der Waals surface area contributed by atoms with Crippen LogP contribution in [0.5, 0.6) is 0 Å². The van der Waals surface area contributed by atoms with Crippen molar-refractivity contribution in [2.24, 2.45) is 7.05 Å². The molecule has 0 aliphatic carbocycles. The molecule has 0 N–H and O–H groups in total. The maximum Gasteiger partial charge on any atom is 0.198 e. The summed E-state index contributed by atoms with van der Waals surface area (Å²) in [7, 11) is 4.12. The van der Waals surface area contributed by atoms with E-state index in [1.807, 2.05) is 16.3 Å². The first-order valence-corrected chi connectivity index (χ1v) is 7.62. The van der Waals surface area contributed by atoms with E-state index >= 15 is 0 Å². The summed E-state index contributed by atoms with van der Waals surface area (Å²) in [6, 6.07) is 11.1. The van der Waals surface area contributed by atoms with E-state index in [1.54, 1.807) is 6.33 Å². The van der Waals surface area contributed by atoms with Gasteiger partial charge in [-0.05, 0) is 24.8 Å². The van der Waals surface area contributed by atoms with Gasteiger partial charge in [0, 0.05) is 32.7 Å². The molecule has 0 radical (unpaired) electrons. The lowest BCUT2D eigenvalue weighted by Crippen LogP contribution is -2.47. The Morgan fingerprint density at radius 3 is 2.62 bits per heavy atom. The zero-order valence-corrected chi connectivity index (χ0v) is 13.3. The third kappa shape index (κ3) is 3.07. The summed E-state index contributed by atoms with van der Waals surface area (Å²) in [5.41, 5.74) is 1.35. The molecule has 2 heterocycles. The molecule has 5 nitrogen and oxygen atoms in total. The van der Waals surface area contributed by atoms with Gasteiger partial charge in [0.05, 0.1) is 6.67 Å². The maximum atomic E-state index is 5.40. The summed E-state index contributed by atoms with van der Waals surface area (Å²) in [6.45, 7) is 3.87. The Morgan fingerprint density at radius 2 is 1.95 bits per heavy atom. The zero-order valence-electron chi connectivity index (χ0n) is 12.5. The van der Waals surface area contributed by atoms with Crippen LogP contribution >= 0.6 is 12.2 Å². The van der Waals surface area contributed by atoms with Crippen molar-refractivity contribution in [2.45, 2.75) is 12.7 Å². The van der Waals surface area contributed by atoms with Crippen molar-refractivity contribution in [1.82, 2.24) is 24.1 Å². The van der Waals surface area contributed by atoms with Crippen molar-refractivity contribution in [2.75, 3.05) is 26.7 Å². The highest BCUT2D eigenvalue weighted by atomic mass is 32.1. The van der Waals surface area contributed by atoms with E-state index in [2.05, 4.69) is 52.3 Å². The van der Waals surface area contributed by atoms with Crippen LogP contribution in [-0.4, -0.2) is 50.8 Å². The van der Waals surface area contributed by atoms with Crippen LogP contribution < -0.4 is 0 Å². The summed E-state index contributed by atoms with van der Waals surface area (Å²) in [6.07, 6.45) is 1.77. The summed E-state index contributed by atoms with van der Waals surface area (Å²) < 4.78 is 4.54. The van der Waals surface area contributed by atoms with E-state index in [0.717, 1.165) is 31.1 Å². The van der Waals surface area contributed by atoms with Crippen LogP contribution in [0.25, 0.3) is 0 Å². The number of benzene rings is 1. The molecule has 1 saturated heterocycles. The van der Waals surface area contributed by atoms with E-state index < -0.39 is 0 Å². The number of nitrogens with zero attached hydrogens (tertiary/aromatic N) is 5. The van der Waals surface area contributed by atoms with Crippen LogP contribution in [0.1, 0.15) is 11.6 Å². The first-order valence-electron chi connectivity index (χ1n) is 7.21. The molecule has 1 aliphatic heterocycles. The second-order valence-electron chi connectivity index (χ2n) is 5.67. The number of aromatic nitrogens is 3. The van der Waals surface area contributed by atoms with Crippen molar-refractivity contribution in [3.8, 4) is 0 Å². The summed E-state index contributed by atoms with van der Waals surface area (Å²) in [4.78, 5) is 4.84. The number of aryl methyl sites for hydroxylation is 1. The Labute approximate surface area is 130 Å². The number of hydrogen-bond acceptors (Lipinski definition) is 4. The van der Waals surface area contributed by atoms with E-state index in [1.165, 1.54) is 5.56 Å². The van der Waals surface area contributed by atoms with Crippen molar-refractivity contribution in [1.29, 1.82) is 0 Å². The Morgan fingerprint density at radius 1 is 1.19 bits per heavy atom. The molecule has 0 spiro atoms. The molecule has 0 saturated carbocycles. The number of piperazine rings is 1. The van der Waals surface area contributed by atoms with Gasteiger partial charge in [0.1, 0.15) is 6.33 Å². The number of likely N-dealkylation sites (N-methyl/N-ethyl adjacent to an activating group) is 1. The van der Waals surface area contributed by atoms with E-state index in [4.69, 9.17) is 12.2 Å². The lowest BCUT2D eigenvalue weighted by Gasteiger charge is -2.40. The molecule has 0 amide bonds.